The molecular formula is C15H22N4. The Balaban J connectivity index is 1.97. The molecule has 0 atom stereocenters. The molecule has 19 heavy (non-hydrogen) atoms. The summed E-state index contributed by atoms with van der Waals surface area (Å²) in [6, 6.07) is 2.73. The quantitative estimate of drug-likeness (QED) is 0.898. The topological polar surface area (TPSA) is 42.2 Å². The molecule has 0 aliphatic heterocycles. The third kappa shape index (κ3) is 2.44. The van der Waals surface area contributed by atoms with Crippen LogP contribution in [0.4, 0.5) is 5.82 Å². The zero-order valence-electron chi connectivity index (χ0n) is 12.0. The molecule has 0 spiro atoms. The van der Waals surface area contributed by atoms with Crippen LogP contribution in [0.3, 0.4) is 0 Å². The number of nitrogens with zero attached hydrogens (tertiary/aromatic N) is 3. The Hall–Kier alpha value is -1.58. The van der Waals surface area contributed by atoms with Crippen LogP contribution in [0.25, 0.3) is 5.52 Å². The van der Waals surface area contributed by atoms with Crippen LogP contribution in [0, 0.1) is 0 Å². The van der Waals surface area contributed by atoms with E-state index in [1.165, 1.54) is 25.7 Å². The number of nitrogens with one attached hydrogen (secondary N) is 1. The van der Waals surface area contributed by atoms with Crippen molar-refractivity contribution >= 4 is 11.3 Å². The molecule has 102 valence electrons. The second-order valence-corrected chi connectivity index (χ2v) is 6.51. The lowest BCUT2D eigenvalue weighted by molar-refractivity contribution is 0.562. The molecule has 4 heteroatoms. The number of aromatic nitrogens is 3. The van der Waals surface area contributed by atoms with Crippen molar-refractivity contribution in [3.05, 3.63) is 24.2 Å². The fourth-order valence-corrected chi connectivity index (χ4v) is 2.66. The van der Waals surface area contributed by atoms with Gasteiger partial charge in [0.1, 0.15) is 5.52 Å². The maximum absolute atomic E-state index is 4.66. The van der Waals surface area contributed by atoms with Crippen molar-refractivity contribution < 1.29 is 0 Å². The highest BCUT2D eigenvalue weighted by atomic mass is 15.2. The van der Waals surface area contributed by atoms with E-state index in [2.05, 4.69) is 42.2 Å². The van der Waals surface area contributed by atoms with Crippen LogP contribution < -0.4 is 5.32 Å². The first-order valence-electron chi connectivity index (χ1n) is 7.15. The van der Waals surface area contributed by atoms with Gasteiger partial charge in [0.25, 0.3) is 0 Å². The second kappa shape index (κ2) is 4.51. The fraction of sp³-hybridized carbons (Fsp3) is 0.600. The summed E-state index contributed by atoms with van der Waals surface area (Å²) in [4.78, 5) is 4.49. The van der Waals surface area contributed by atoms with Gasteiger partial charge in [-0.05, 0) is 18.9 Å². The van der Waals surface area contributed by atoms with E-state index in [9.17, 15) is 0 Å². The normalized spacial score (nSPS) is 17.2. The van der Waals surface area contributed by atoms with Crippen LogP contribution in [0.2, 0.25) is 0 Å². The largest absolute Gasteiger partial charge is 0.366 e. The zero-order valence-corrected chi connectivity index (χ0v) is 12.0. The summed E-state index contributed by atoms with van der Waals surface area (Å²) >= 11 is 0. The van der Waals surface area contributed by atoms with E-state index >= 15 is 0 Å². The van der Waals surface area contributed by atoms with Gasteiger partial charge in [0.05, 0.1) is 5.69 Å². The zero-order chi connectivity index (χ0) is 13.5. The third-order valence-electron chi connectivity index (χ3n) is 3.85. The lowest BCUT2D eigenvalue weighted by atomic mass is 9.92. The predicted molar refractivity (Wildman–Crippen MR) is 77.6 cm³/mol. The number of fused-ring (bicyclic) bond motifs is 1. The van der Waals surface area contributed by atoms with Crippen LogP contribution in [0.1, 0.15) is 52.1 Å². The Morgan fingerprint density at radius 1 is 1.26 bits per heavy atom. The van der Waals surface area contributed by atoms with E-state index in [4.69, 9.17) is 0 Å². The van der Waals surface area contributed by atoms with Gasteiger partial charge in [0.2, 0.25) is 0 Å². The van der Waals surface area contributed by atoms with Gasteiger partial charge in [-0.2, -0.15) is 5.10 Å². The van der Waals surface area contributed by atoms with Crippen molar-refractivity contribution in [1.82, 2.24) is 14.6 Å². The smallest absolute Gasteiger partial charge is 0.152 e. The molecule has 3 rings (SSSR count). The first-order valence-corrected chi connectivity index (χ1v) is 7.15. The van der Waals surface area contributed by atoms with Crippen molar-refractivity contribution in [3.8, 4) is 0 Å². The van der Waals surface area contributed by atoms with Crippen molar-refractivity contribution in [1.29, 1.82) is 0 Å². The molecule has 1 N–H and O–H groups in total. The third-order valence-corrected chi connectivity index (χ3v) is 3.85. The second-order valence-electron chi connectivity index (χ2n) is 6.51. The molecule has 1 fully saturated rings. The molecule has 0 bridgehead atoms. The summed E-state index contributed by atoms with van der Waals surface area (Å²) in [5.41, 5.74) is 2.26. The van der Waals surface area contributed by atoms with E-state index in [1.54, 1.807) is 0 Å². The summed E-state index contributed by atoms with van der Waals surface area (Å²) in [6.07, 6.45) is 8.90. The summed E-state index contributed by atoms with van der Waals surface area (Å²) in [7, 11) is 0. The SMILES string of the molecule is CC(C)(C)c1cc2c(NC3CCCC3)nccn2n1. The summed E-state index contributed by atoms with van der Waals surface area (Å²) < 4.78 is 1.94. The average molecular weight is 258 g/mol. The highest BCUT2D eigenvalue weighted by Gasteiger charge is 2.20. The minimum absolute atomic E-state index is 0.0661. The lowest BCUT2D eigenvalue weighted by Crippen LogP contribution is -2.16. The molecule has 0 amide bonds. The maximum atomic E-state index is 4.66. The fourth-order valence-electron chi connectivity index (χ4n) is 2.66. The molecular weight excluding hydrogens is 236 g/mol. The van der Waals surface area contributed by atoms with Crippen LogP contribution in [-0.4, -0.2) is 20.6 Å². The van der Waals surface area contributed by atoms with Crippen LogP contribution in [0.5, 0.6) is 0 Å². The Kier molecular flexibility index (Phi) is 2.96. The minimum Gasteiger partial charge on any atom is -0.366 e. The molecule has 0 saturated heterocycles. The van der Waals surface area contributed by atoms with Gasteiger partial charge in [-0.1, -0.05) is 33.6 Å². The van der Waals surface area contributed by atoms with Crippen molar-refractivity contribution in [2.45, 2.75) is 57.9 Å². The molecule has 4 nitrogen and oxygen atoms in total. The summed E-state index contributed by atoms with van der Waals surface area (Å²) in [6.45, 7) is 6.56. The first kappa shape index (κ1) is 12.5. The van der Waals surface area contributed by atoms with Gasteiger partial charge >= 0.3 is 0 Å². The highest BCUT2D eigenvalue weighted by molar-refractivity contribution is 5.68. The minimum atomic E-state index is 0.0661. The van der Waals surface area contributed by atoms with Gasteiger partial charge < -0.3 is 5.32 Å². The molecule has 0 unspecified atom stereocenters. The molecule has 0 radical (unpaired) electrons. The number of rotatable bonds is 2. The van der Waals surface area contributed by atoms with E-state index in [0.29, 0.717) is 6.04 Å². The molecule has 0 aromatic carbocycles. The van der Waals surface area contributed by atoms with E-state index in [0.717, 1.165) is 17.0 Å². The maximum Gasteiger partial charge on any atom is 0.152 e. The number of hydrogen-bond acceptors (Lipinski definition) is 3. The van der Waals surface area contributed by atoms with Gasteiger partial charge in [-0.25, -0.2) is 9.50 Å². The van der Waals surface area contributed by atoms with E-state index in [-0.39, 0.29) is 5.41 Å². The van der Waals surface area contributed by atoms with E-state index in [1.807, 2.05) is 16.9 Å². The van der Waals surface area contributed by atoms with Crippen molar-refractivity contribution in [3.63, 3.8) is 0 Å². The van der Waals surface area contributed by atoms with Gasteiger partial charge in [-0.3, -0.25) is 0 Å². The molecule has 1 aliphatic carbocycles. The Morgan fingerprint density at radius 2 is 2.00 bits per heavy atom. The molecule has 1 saturated carbocycles. The van der Waals surface area contributed by atoms with Crippen LogP contribution in [0.15, 0.2) is 18.5 Å². The van der Waals surface area contributed by atoms with Crippen molar-refractivity contribution in [2.24, 2.45) is 0 Å². The van der Waals surface area contributed by atoms with Crippen molar-refractivity contribution in [2.75, 3.05) is 5.32 Å². The van der Waals surface area contributed by atoms with Gasteiger partial charge in [-0.15, -0.1) is 0 Å². The summed E-state index contributed by atoms with van der Waals surface area (Å²) in [5.74, 6) is 0.970. The van der Waals surface area contributed by atoms with Crippen LogP contribution in [-0.2, 0) is 5.41 Å². The predicted octanol–water partition coefficient (Wildman–Crippen LogP) is 3.38. The Morgan fingerprint density at radius 3 is 2.68 bits per heavy atom. The molecule has 2 aromatic heterocycles. The highest BCUT2D eigenvalue weighted by Crippen LogP contribution is 2.27. The first-order chi connectivity index (χ1) is 9.04. The number of anilines is 1. The van der Waals surface area contributed by atoms with Crippen LogP contribution >= 0.6 is 0 Å². The molecule has 2 aromatic rings. The van der Waals surface area contributed by atoms with Gasteiger partial charge in [0.15, 0.2) is 5.82 Å². The molecule has 2 heterocycles. The number of hydrogen-bond donors (Lipinski definition) is 1. The lowest BCUT2D eigenvalue weighted by Gasteiger charge is -2.13. The molecule has 1 aliphatic rings. The Labute approximate surface area is 114 Å². The van der Waals surface area contributed by atoms with Gasteiger partial charge in [0, 0.05) is 23.9 Å². The average Bonchev–Trinajstić information content (AvgIpc) is 2.96. The Bertz CT molecular complexity index is 573. The monoisotopic (exact) mass is 258 g/mol. The van der Waals surface area contributed by atoms with E-state index < -0.39 is 0 Å². The standard InChI is InChI=1S/C15H22N4/c1-15(2,3)13-10-12-14(16-8-9-19(12)18-13)17-11-6-4-5-7-11/h8-11H,4-7H2,1-3H3,(H,16,17). The summed E-state index contributed by atoms with van der Waals surface area (Å²) in [5, 5.41) is 8.23.